The molecule has 21 heavy (non-hydrogen) atoms. The van der Waals surface area contributed by atoms with Crippen molar-refractivity contribution in [2.75, 3.05) is 5.73 Å². The first-order chi connectivity index (χ1) is 10.2. The van der Waals surface area contributed by atoms with Crippen LogP contribution in [0.15, 0.2) is 60.1 Å². The van der Waals surface area contributed by atoms with Crippen LogP contribution in [-0.2, 0) is 0 Å². The molecule has 0 saturated carbocycles. The molecule has 6 heteroatoms. The normalized spacial score (nSPS) is 11.1. The molecule has 104 valence electrons. The number of hydrogen-bond acceptors (Lipinski definition) is 4. The van der Waals surface area contributed by atoms with Crippen molar-refractivity contribution in [3.63, 3.8) is 0 Å². The number of hydrogen-bond donors (Lipinski definition) is 1. The van der Waals surface area contributed by atoms with Crippen LogP contribution in [0.5, 0.6) is 0 Å². The summed E-state index contributed by atoms with van der Waals surface area (Å²) in [5.41, 5.74) is 8.41. The van der Waals surface area contributed by atoms with Crippen molar-refractivity contribution in [3.05, 3.63) is 65.6 Å². The Hall–Kier alpha value is -2.66. The van der Waals surface area contributed by atoms with E-state index in [2.05, 4.69) is 15.1 Å². The summed E-state index contributed by atoms with van der Waals surface area (Å²) in [6.45, 7) is 0. The third-order valence-corrected chi connectivity index (χ3v) is 3.12. The Morgan fingerprint density at radius 3 is 2.71 bits per heavy atom. The molecule has 0 radical (unpaired) electrons. The van der Waals surface area contributed by atoms with E-state index >= 15 is 0 Å². The van der Waals surface area contributed by atoms with Crippen molar-refractivity contribution >= 4 is 23.8 Å². The van der Waals surface area contributed by atoms with Gasteiger partial charge >= 0.3 is 0 Å². The molecule has 0 amide bonds. The van der Waals surface area contributed by atoms with Gasteiger partial charge in [-0.15, -0.1) is 0 Å². The standard InChI is InChI=1S/C15H12ClN5/c16-13-5-3-11(4-6-13)8-19-21-10-14(20-15(21)17)12-2-1-7-18-9-12/h1-10H,(H2,17,20)/b19-8-. The van der Waals surface area contributed by atoms with Crippen molar-refractivity contribution in [2.45, 2.75) is 0 Å². The minimum atomic E-state index is 0.319. The van der Waals surface area contributed by atoms with Crippen LogP contribution in [-0.4, -0.2) is 20.9 Å². The molecule has 0 saturated heterocycles. The van der Waals surface area contributed by atoms with E-state index in [1.54, 1.807) is 36.9 Å². The molecule has 2 aromatic heterocycles. The minimum absolute atomic E-state index is 0.319. The predicted molar refractivity (Wildman–Crippen MR) is 84.3 cm³/mol. The maximum Gasteiger partial charge on any atom is 0.221 e. The number of nitrogens with zero attached hydrogens (tertiary/aromatic N) is 4. The van der Waals surface area contributed by atoms with Gasteiger partial charge in [-0.3, -0.25) is 4.98 Å². The van der Waals surface area contributed by atoms with Gasteiger partial charge in [0.1, 0.15) is 0 Å². The van der Waals surface area contributed by atoms with Gasteiger partial charge in [0.25, 0.3) is 0 Å². The lowest BCUT2D eigenvalue weighted by atomic mass is 10.2. The third kappa shape index (κ3) is 3.09. The zero-order valence-electron chi connectivity index (χ0n) is 11.0. The number of nitrogen functional groups attached to an aromatic ring is 1. The van der Waals surface area contributed by atoms with Crippen molar-refractivity contribution < 1.29 is 0 Å². The fourth-order valence-corrected chi connectivity index (χ4v) is 1.94. The highest BCUT2D eigenvalue weighted by Crippen LogP contribution is 2.18. The molecule has 0 atom stereocenters. The number of rotatable bonds is 3. The number of halogens is 1. The number of imidazole rings is 1. The Kier molecular flexibility index (Phi) is 3.66. The van der Waals surface area contributed by atoms with Gasteiger partial charge in [-0.25, -0.2) is 9.66 Å². The number of nitrogens with two attached hydrogens (primary N) is 1. The van der Waals surface area contributed by atoms with E-state index in [-0.39, 0.29) is 0 Å². The lowest BCUT2D eigenvalue weighted by Crippen LogP contribution is -1.96. The second kappa shape index (κ2) is 5.76. The van der Waals surface area contributed by atoms with Crippen LogP contribution >= 0.6 is 11.6 Å². The number of pyridine rings is 1. The highest BCUT2D eigenvalue weighted by Gasteiger charge is 2.05. The quantitative estimate of drug-likeness (QED) is 0.755. The molecule has 0 aliphatic carbocycles. The van der Waals surface area contributed by atoms with E-state index in [1.807, 2.05) is 24.3 Å². The Morgan fingerprint density at radius 2 is 2.00 bits per heavy atom. The minimum Gasteiger partial charge on any atom is -0.368 e. The molecule has 3 rings (SSSR count). The van der Waals surface area contributed by atoms with E-state index in [9.17, 15) is 0 Å². The molecule has 0 aliphatic heterocycles. The van der Waals surface area contributed by atoms with E-state index in [0.29, 0.717) is 11.0 Å². The Morgan fingerprint density at radius 1 is 1.19 bits per heavy atom. The van der Waals surface area contributed by atoms with Crippen molar-refractivity contribution in [2.24, 2.45) is 5.10 Å². The molecule has 0 bridgehead atoms. The van der Waals surface area contributed by atoms with Crippen molar-refractivity contribution in [1.29, 1.82) is 0 Å². The van der Waals surface area contributed by atoms with Gasteiger partial charge in [-0.1, -0.05) is 23.7 Å². The highest BCUT2D eigenvalue weighted by molar-refractivity contribution is 6.30. The third-order valence-electron chi connectivity index (χ3n) is 2.87. The molecule has 0 spiro atoms. The van der Waals surface area contributed by atoms with Crippen LogP contribution < -0.4 is 5.73 Å². The van der Waals surface area contributed by atoms with Gasteiger partial charge in [0, 0.05) is 23.0 Å². The summed E-state index contributed by atoms with van der Waals surface area (Å²) in [6.07, 6.45) is 6.90. The molecule has 0 aliphatic rings. The molecule has 0 unspecified atom stereocenters. The second-order valence-corrected chi connectivity index (χ2v) is 4.80. The number of anilines is 1. The summed E-state index contributed by atoms with van der Waals surface area (Å²) < 4.78 is 1.52. The molecule has 2 N–H and O–H groups in total. The van der Waals surface area contributed by atoms with Crippen LogP contribution in [0.4, 0.5) is 5.95 Å². The molecule has 3 aromatic rings. The Labute approximate surface area is 126 Å². The van der Waals surface area contributed by atoms with Crippen LogP contribution in [0.1, 0.15) is 5.56 Å². The lowest BCUT2D eigenvalue weighted by molar-refractivity contribution is 0.898. The van der Waals surface area contributed by atoms with Crippen LogP contribution in [0.2, 0.25) is 5.02 Å². The van der Waals surface area contributed by atoms with Gasteiger partial charge in [0.05, 0.1) is 18.1 Å². The van der Waals surface area contributed by atoms with E-state index in [0.717, 1.165) is 16.8 Å². The second-order valence-electron chi connectivity index (χ2n) is 4.37. The molecule has 0 fully saturated rings. The van der Waals surface area contributed by atoms with Gasteiger partial charge in [-0.05, 0) is 29.8 Å². The van der Waals surface area contributed by atoms with Crippen molar-refractivity contribution in [1.82, 2.24) is 14.6 Å². The van der Waals surface area contributed by atoms with Crippen LogP contribution in [0, 0.1) is 0 Å². The smallest absolute Gasteiger partial charge is 0.221 e. The zero-order valence-corrected chi connectivity index (χ0v) is 11.8. The van der Waals surface area contributed by atoms with Crippen LogP contribution in [0.25, 0.3) is 11.3 Å². The van der Waals surface area contributed by atoms with E-state index in [1.165, 1.54) is 4.68 Å². The summed E-state index contributed by atoms with van der Waals surface area (Å²) in [4.78, 5) is 8.33. The summed E-state index contributed by atoms with van der Waals surface area (Å²) in [6, 6.07) is 11.1. The highest BCUT2D eigenvalue weighted by atomic mass is 35.5. The zero-order chi connectivity index (χ0) is 14.7. The van der Waals surface area contributed by atoms with Crippen molar-refractivity contribution in [3.8, 4) is 11.3 Å². The maximum atomic E-state index is 5.86. The fraction of sp³-hybridized carbons (Fsp3) is 0. The summed E-state index contributed by atoms with van der Waals surface area (Å²) >= 11 is 5.84. The molecule has 2 heterocycles. The largest absolute Gasteiger partial charge is 0.368 e. The first-order valence-corrected chi connectivity index (χ1v) is 6.65. The van der Waals surface area contributed by atoms with Gasteiger partial charge in [0.15, 0.2) is 0 Å². The lowest BCUT2D eigenvalue weighted by Gasteiger charge is -1.96. The van der Waals surface area contributed by atoms with E-state index < -0.39 is 0 Å². The molecular weight excluding hydrogens is 286 g/mol. The maximum absolute atomic E-state index is 5.86. The average Bonchev–Trinajstić information content (AvgIpc) is 2.89. The predicted octanol–water partition coefficient (Wildman–Crippen LogP) is 3.06. The monoisotopic (exact) mass is 297 g/mol. The topological polar surface area (TPSA) is 69.1 Å². The van der Waals surface area contributed by atoms with E-state index in [4.69, 9.17) is 17.3 Å². The molecule has 1 aromatic carbocycles. The van der Waals surface area contributed by atoms with Gasteiger partial charge in [-0.2, -0.15) is 5.10 Å². The summed E-state index contributed by atoms with van der Waals surface area (Å²) in [7, 11) is 0. The SMILES string of the molecule is Nc1nc(-c2cccnc2)cn1/N=C\c1ccc(Cl)cc1. The fourth-order valence-electron chi connectivity index (χ4n) is 1.81. The van der Waals surface area contributed by atoms with Gasteiger partial charge < -0.3 is 5.73 Å². The Balaban J connectivity index is 1.86. The number of benzene rings is 1. The molecule has 5 nitrogen and oxygen atoms in total. The Bertz CT molecular complexity index is 763. The molecular formula is C15H12ClN5. The summed E-state index contributed by atoms with van der Waals surface area (Å²) in [5, 5.41) is 4.98. The summed E-state index contributed by atoms with van der Waals surface area (Å²) in [5.74, 6) is 0.319. The average molecular weight is 298 g/mol. The van der Waals surface area contributed by atoms with Crippen LogP contribution in [0.3, 0.4) is 0 Å². The van der Waals surface area contributed by atoms with Gasteiger partial charge in [0.2, 0.25) is 5.95 Å². The first-order valence-electron chi connectivity index (χ1n) is 6.27. The first kappa shape index (κ1) is 13.3. The number of aromatic nitrogens is 3.